The van der Waals surface area contributed by atoms with Crippen LogP contribution in [-0.4, -0.2) is 11.4 Å². The van der Waals surface area contributed by atoms with Gasteiger partial charge in [-0.2, -0.15) is 0 Å². The zero-order valence-corrected chi connectivity index (χ0v) is 14.0. The summed E-state index contributed by atoms with van der Waals surface area (Å²) < 4.78 is 0. The highest BCUT2D eigenvalue weighted by atomic mass is 35.5. The van der Waals surface area contributed by atoms with Gasteiger partial charge in [-0.05, 0) is 31.9 Å². The van der Waals surface area contributed by atoms with Gasteiger partial charge < -0.3 is 10.2 Å². The molecule has 3 heteroatoms. The highest BCUT2D eigenvalue weighted by Crippen LogP contribution is 2.26. The summed E-state index contributed by atoms with van der Waals surface area (Å²) in [5.74, 6) is 0. The smallest absolute Gasteiger partial charge is 0.0640 e. The van der Waals surface area contributed by atoms with Gasteiger partial charge in [0.2, 0.25) is 0 Å². The fourth-order valence-electron chi connectivity index (χ4n) is 2.15. The molecule has 114 valence electrons. The molecule has 1 aromatic rings. The largest absolute Gasteiger partial charge is 0.353 e. The van der Waals surface area contributed by atoms with E-state index in [0.717, 1.165) is 42.2 Å². The SMILES string of the molecule is C=C(Nc1ccccc1Cl)/C(=C/C)N(CCC)C(=C)CC. The van der Waals surface area contributed by atoms with Gasteiger partial charge in [-0.3, -0.25) is 0 Å². The first-order valence-electron chi connectivity index (χ1n) is 7.37. The van der Waals surface area contributed by atoms with Crippen molar-refractivity contribution in [1.82, 2.24) is 4.90 Å². The summed E-state index contributed by atoms with van der Waals surface area (Å²) in [5, 5.41) is 3.99. The van der Waals surface area contributed by atoms with E-state index in [2.05, 4.69) is 43.3 Å². The zero-order chi connectivity index (χ0) is 15.8. The Hall–Kier alpha value is -1.67. The van der Waals surface area contributed by atoms with Crippen molar-refractivity contribution < 1.29 is 0 Å². The lowest BCUT2D eigenvalue weighted by molar-refractivity contribution is 0.421. The molecule has 0 aromatic heterocycles. The standard InChI is InChI=1S/C18H25ClN2/c1-6-13-21(14(4)7-2)18(8-3)15(5)20-17-12-10-9-11-16(17)19/h8-12,20H,4-7,13H2,1-3H3/b18-8-. The number of anilines is 1. The minimum atomic E-state index is 0.686. The number of nitrogens with one attached hydrogen (secondary N) is 1. The van der Waals surface area contributed by atoms with Crippen LogP contribution in [0.25, 0.3) is 0 Å². The maximum atomic E-state index is 6.19. The predicted octanol–water partition coefficient (Wildman–Crippen LogP) is 5.81. The van der Waals surface area contributed by atoms with Crippen molar-refractivity contribution in [3.63, 3.8) is 0 Å². The maximum Gasteiger partial charge on any atom is 0.0640 e. The van der Waals surface area contributed by atoms with E-state index in [9.17, 15) is 0 Å². The summed E-state index contributed by atoms with van der Waals surface area (Å²) in [6.45, 7) is 15.5. The van der Waals surface area contributed by atoms with Crippen LogP contribution >= 0.6 is 11.6 Å². The molecule has 0 heterocycles. The summed E-state index contributed by atoms with van der Waals surface area (Å²) in [4.78, 5) is 2.21. The zero-order valence-electron chi connectivity index (χ0n) is 13.2. The topological polar surface area (TPSA) is 15.3 Å². The fourth-order valence-corrected chi connectivity index (χ4v) is 2.33. The Morgan fingerprint density at radius 2 is 1.95 bits per heavy atom. The summed E-state index contributed by atoms with van der Waals surface area (Å²) in [6.07, 6.45) is 4.02. The van der Waals surface area contributed by atoms with Gasteiger partial charge >= 0.3 is 0 Å². The molecule has 0 saturated carbocycles. The molecule has 0 aliphatic rings. The first-order valence-corrected chi connectivity index (χ1v) is 7.75. The number of rotatable bonds is 8. The molecule has 1 N–H and O–H groups in total. The number of nitrogens with zero attached hydrogens (tertiary/aromatic N) is 1. The molecule has 21 heavy (non-hydrogen) atoms. The van der Waals surface area contributed by atoms with Crippen LogP contribution in [0.5, 0.6) is 0 Å². The lowest BCUT2D eigenvalue weighted by Crippen LogP contribution is -2.25. The number of benzene rings is 1. The Labute approximate surface area is 133 Å². The lowest BCUT2D eigenvalue weighted by Gasteiger charge is -2.30. The van der Waals surface area contributed by atoms with Crippen LogP contribution in [0.3, 0.4) is 0 Å². The van der Waals surface area contributed by atoms with Gasteiger partial charge in [0, 0.05) is 12.2 Å². The van der Waals surface area contributed by atoms with E-state index in [1.54, 1.807) is 0 Å². The van der Waals surface area contributed by atoms with Gasteiger partial charge in [-0.1, -0.05) is 56.8 Å². The van der Waals surface area contributed by atoms with E-state index in [1.807, 2.05) is 31.2 Å². The van der Waals surface area contributed by atoms with Gasteiger partial charge in [-0.25, -0.2) is 0 Å². The molecule has 0 aliphatic heterocycles. The van der Waals surface area contributed by atoms with Gasteiger partial charge in [0.1, 0.15) is 0 Å². The summed E-state index contributed by atoms with van der Waals surface area (Å²) in [7, 11) is 0. The van der Waals surface area contributed by atoms with Crippen molar-refractivity contribution >= 4 is 17.3 Å². The molecular formula is C18H25ClN2. The second kappa shape index (κ2) is 8.58. The molecule has 2 nitrogen and oxygen atoms in total. The Morgan fingerprint density at radius 3 is 2.48 bits per heavy atom. The Kier molecular flexibility index (Phi) is 7.10. The van der Waals surface area contributed by atoms with Crippen molar-refractivity contribution in [3.05, 3.63) is 65.6 Å². The average molecular weight is 305 g/mol. The van der Waals surface area contributed by atoms with E-state index in [-0.39, 0.29) is 0 Å². The number of hydrogen-bond donors (Lipinski definition) is 1. The van der Waals surface area contributed by atoms with Gasteiger partial charge in [0.25, 0.3) is 0 Å². The van der Waals surface area contributed by atoms with Crippen molar-refractivity contribution in [2.45, 2.75) is 33.6 Å². The predicted molar refractivity (Wildman–Crippen MR) is 94.4 cm³/mol. The monoisotopic (exact) mass is 304 g/mol. The molecule has 0 amide bonds. The summed E-state index contributed by atoms with van der Waals surface area (Å²) in [5.41, 5.74) is 3.83. The van der Waals surface area contributed by atoms with Crippen LogP contribution < -0.4 is 5.32 Å². The Balaban J connectivity index is 2.95. The molecule has 1 aromatic carbocycles. The van der Waals surface area contributed by atoms with Crippen LogP contribution in [0.4, 0.5) is 5.69 Å². The van der Waals surface area contributed by atoms with E-state index in [4.69, 9.17) is 11.6 Å². The molecule has 0 atom stereocenters. The highest BCUT2D eigenvalue weighted by Gasteiger charge is 2.14. The molecule has 0 saturated heterocycles. The average Bonchev–Trinajstić information content (AvgIpc) is 2.48. The summed E-state index contributed by atoms with van der Waals surface area (Å²) in [6, 6.07) is 7.67. The van der Waals surface area contributed by atoms with Crippen molar-refractivity contribution in [3.8, 4) is 0 Å². The minimum absolute atomic E-state index is 0.686. The normalized spacial score (nSPS) is 11.1. The van der Waals surface area contributed by atoms with Gasteiger partial charge in [0.15, 0.2) is 0 Å². The first kappa shape index (κ1) is 17.4. The molecule has 0 fully saturated rings. The Morgan fingerprint density at radius 1 is 1.29 bits per heavy atom. The van der Waals surface area contributed by atoms with E-state index in [0.29, 0.717) is 5.02 Å². The third kappa shape index (κ3) is 4.68. The van der Waals surface area contributed by atoms with Crippen LogP contribution in [0.2, 0.25) is 5.02 Å². The van der Waals surface area contributed by atoms with Crippen molar-refractivity contribution in [1.29, 1.82) is 0 Å². The van der Waals surface area contributed by atoms with E-state index >= 15 is 0 Å². The molecular weight excluding hydrogens is 280 g/mol. The van der Waals surface area contributed by atoms with Crippen molar-refractivity contribution in [2.75, 3.05) is 11.9 Å². The van der Waals surface area contributed by atoms with Crippen LogP contribution in [-0.2, 0) is 0 Å². The van der Waals surface area contributed by atoms with E-state index < -0.39 is 0 Å². The quantitative estimate of drug-likeness (QED) is 0.610. The number of para-hydroxylation sites is 1. The number of allylic oxidation sites excluding steroid dienone is 2. The first-order chi connectivity index (χ1) is 10.0. The highest BCUT2D eigenvalue weighted by molar-refractivity contribution is 6.33. The molecule has 0 radical (unpaired) electrons. The number of hydrogen-bond acceptors (Lipinski definition) is 2. The second-order valence-electron chi connectivity index (χ2n) is 4.83. The molecule has 0 bridgehead atoms. The third-order valence-corrected chi connectivity index (χ3v) is 3.60. The van der Waals surface area contributed by atoms with Crippen LogP contribution in [0.1, 0.15) is 33.6 Å². The van der Waals surface area contributed by atoms with Crippen LogP contribution in [0.15, 0.2) is 60.6 Å². The number of halogens is 1. The second-order valence-corrected chi connectivity index (χ2v) is 5.24. The fraction of sp³-hybridized carbons (Fsp3) is 0.333. The lowest BCUT2D eigenvalue weighted by atomic mass is 10.2. The minimum Gasteiger partial charge on any atom is -0.353 e. The van der Waals surface area contributed by atoms with E-state index in [1.165, 1.54) is 0 Å². The van der Waals surface area contributed by atoms with Gasteiger partial charge in [0.05, 0.1) is 22.1 Å². The van der Waals surface area contributed by atoms with Crippen molar-refractivity contribution in [2.24, 2.45) is 0 Å². The molecule has 0 aliphatic carbocycles. The summed E-state index contributed by atoms with van der Waals surface area (Å²) >= 11 is 6.19. The Bertz CT molecular complexity index is 532. The molecule has 0 unspecified atom stereocenters. The molecule has 1 rings (SSSR count). The maximum absolute atomic E-state index is 6.19. The van der Waals surface area contributed by atoms with Gasteiger partial charge in [-0.15, -0.1) is 0 Å². The van der Waals surface area contributed by atoms with Crippen LogP contribution in [0, 0.1) is 0 Å². The molecule has 0 spiro atoms. The third-order valence-electron chi connectivity index (χ3n) is 3.27.